The molecular weight excluding hydrogens is 373 g/mol. The van der Waals surface area contributed by atoms with Crippen molar-refractivity contribution in [2.45, 2.75) is 31.6 Å². The molecule has 0 unspecified atom stereocenters. The van der Waals surface area contributed by atoms with Crippen LogP contribution >= 0.6 is 22.6 Å². The fourth-order valence-electron chi connectivity index (χ4n) is 1.92. The van der Waals surface area contributed by atoms with Crippen LogP contribution in [0.3, 0.4) is 0 Å². The maximum atomic E-state index is 11.7. The van der Waals surface area contributed by atoms with Gasteiger partial charge in [0.05, 0.1) is 0 Å². The number of nitrogens with one attached hydrogen (secondary N) is 1. The standard InChI is InChI=1S/C14H16INO4/c15-8-11-6-7-12(13(17)20-11)16-14(18)19-9-10-4-2-1-3-5-10/h1-5,11-12H,6-9H2,(H,16,18)/t11-,12-/m0/s1. The average molecular weight is 389 g/mol. The summed E-state index contributed by atoms with van der Waals surface area (Å²) in [4.78, 5) is 23.3. The Hall–Kier alpha value is -1.31. The lowest BCUT2D eigenvalue weighted by molar-refractivity contribution is -0.155. The number of benzene rings is 1. The van der Waals surface area contributed by atoms with E-state index in [1.54, 1.807) is 0 Å². The Morgan fingerprint density at radius 1 is 1.35 bits per heavy atom. The van der Waals surface area contributed by atoms with E-state index in [1.807, 2.05) is 30.3 Å². The Labute approximate surface area is 131 Å². The predicted octanol–water partition coefficient (Wildman–Crippen LogP) is 2.42. The number of halogens is 1. The summed E-state index contributed by atoms with van der Waals surface area (Å²) < 4.78 is 11.0. The van der Waals surface area contributed by atoms with E-state index in [9.17, 15) is 9.59 Å². The van der Waals surface area contributed by atoms with Crippen LogP contribution < -0.4 is 5.32 Å². The number of hydrogen-bond donors (Lipinski definition) is 1. The molecule has 1 aliphatic heterocycles. The van der Waals surface area contributed by atoms with Gasteiger partial charge in [-0.15, -0.1) is 0 Å². The van der Waals surface area contributed by atoms with E-state index in [0.29, 0.717) is 6.42 Å². The van der Waals surface area contributed by atoms with Gasteiger partial charge in [-0.2, -0.15) is 0 Å². The fourth-order valence-corrected chi connectivity index (χ4v) is 2.54. The highest BCUT2D eigenvalue weighted by atomic mass is 127. The second kappa shape index (κ2) is 7.47. The predicted molar refractivity (Wildman–Crippen MR) is 81.6 cm³/mol. The summed E-state index contributed by atoms with van der Waals surface area (Å²) in [6.07, 6.45) is 0.718. The van der Waals surface area contributed by atoms with E-state index >= 15 is 0 Å². The van der Waals surface area contributed by atoms with Gasteiger partial charge in [-0.05, 0) is 18.4 Å². The van der Waals surface area contributed by atoms with E-state index in [-0.39, 0.29) is 18.7 Å². The van der Waals surface area contributed by atoms with E-state index in [0.717, 1.165) is 16.4 Å². The first-order valence-electron chi connectivity index (χ1n) is 6.42. The van der Waals surface area contributed by atoms with Gasteiger partial charge in [0, 0.05) is 4.43 Å². The molecule has 0 saturated carbocycles. The van der Waals surface area contributed by atoms with E-state index in [2.05, 4.69) is 27.9 Å². The first kappa shape index (κ1) is 15.1. The van der Waals surface area contributed by atoms with Crippen LogP contribution in [-0.4, -0.2) is 28.6 Å². The van der Waals surface area contributed by atoms with Gasteiger partial charge < -0.3 is 14.8 Å². The number of cyclic esters (lactones) is 1. The first-order chi connectivity index (χ1) is 9.69. The SMILES string of the molecule is O=C(N[C@H]1CC[C@@H](CI)OC1=O)OCc1ccccc1. The lowest BCUT2D eigenvalue weighted by atomic mass is 10.1. The molecular formula is C14H16INO4. The monoisotopic (exact) mass is 389 g/mol. The molecule has 0 spiro atoms. The van der Waals surface area contributed by atoms with Gasteiger partial charge in [0.2, 0.25) is 0 Å². The number of ether oxygens (including phenoxy) is 2. The molecule has 1 amide bonds. The van der Waals surface area contributed by atoms with Crippen molar-refractivity contribution < 1.29 is 19.1 Å². The van der Waals surface area contributed by atoms with Crippen LogP contribution in [0, 0.1) is 0 Å². The van der Waals surface area contributed by atoms with Crippen molar-refractivity contribution in [3.05, 3.63) is 35.9 Å². The van der Waals surface area contributed by atoms with Crippen LogP contribution in [0.2, 0.25) is 0 Å². The van der Waals surface area contributed by atoms with Crippen molar-refractivity contribution >= 4 is 34.7 Å². The Morgan fingerprint density at radius 2 is 2.10 bits per heavy atom. The van der Waals surface area contributed by atoms with Crippen molar-refractivity contribution in [3.8, 4) is 0 Å². The number of carbonyl (C=O) groups excluding carboxylic acids is 2. The van der Waals surface area contributed by atoms with E-state index in [1.165, 1.54) is 0 Å². The van der Waals surface area contributed by atoms with Gasteiger partial charge in [-0.25, -0.2) is 9.59 Å². The molecule has 2 atom stereocenters. The molecule has 1 fully saturated rings. The van der Waals surface area contributed by atoms with Gasteiger partial charge in [0.25, 0.3) is 0 Å². The molecule has 20 heavy (non-hydrogen) atoms. The van der Waals surface area contributed by atoms with E-state index in [4.69, 9.17) is 9.47 Å². The molecule has 1 aromatic carbocycles. The number of hydrogen-bond acceptors (Lipinski definition) is 4. The van der Waals surface area contributed by atoms with Crippen LogP contribution in [-0.2, 0) is 20.9 Å². The van der Waals surface area contributed by atoms with Crippen molar-refractivity contribution in [1.82, 2.24) is 5.32 Å². The van der Waals surface area contributed by atoms with Crippen LogP contribution in [0.4, 0.5) is 4.79 Å². The van der Waals surface area contributed by atoms with Gasteiger partial charge in [0.1, 0.15) is 18.8 Å². The Bertz CT molecular complexity index is 466. The van der Waals surface area contributed by atoms with Crippen LogP contribution in [0.5, 0.6) is 0 Å². The number of esters is 1. The topological polar surface area (TPSA) is 64.6 Å². The molecule has 6 heteroatoms. The minimum atomic E-state index is -0.600. The summed E-state index contributed by atoms with van der Waals surface area (Å²) in [5.74, 6) is -0.380. The molecule has 0 bridgehead atoms. The lowest BCUT2D eigenvalue weighted by Gasteiger charge is -2.27. The average Bonchev–Trinajstić information content (AvgIpc) is 2.48. The second-order valence-electron chi connectivity index (χ2n) is 4.55. The third-order valence-corrected chi connectivity index (χ3v) is 4.00. The highest BCUT2D eigenvalue weighted by molar-refractivity contribution is 14.1. The smallest absolute Gasteiger partial charge is 0.408 e. The molecule has 108 valence electrons. The summed E-state index contributed by atoms with van der Waals surface area (Å²) in [6.45, 7) is 0.185. The van der Waals surface area contributed by atoms with Gasteiger partial charge in [-0.3, -0.25) is 0 Å². The van der Waals surface area contributed by atoms with Crippen LogP contribution in [0.15, 0.2) is 30.3 Å². The molecule has 1 N–H and O–H groups in total. The Morgan fingerprint density at radius 3 is 2.75 bits per heavy atom. The summed E-state index contributed by atoms with van der Waals surface area (Å²) >= 11 is 2.18. The van der Waals surface area contributed by atoms with Gasteiger partial charge in [0.15, 0.2) is 0 Å². The second-order valence-corrected chi connectivity index (χ2v) is 5.43. The van der Waals surface area contributed by atoms with Crippen LogP contribution in [0.25, 0.3) is 0 Å². The highest BCUT2D eigenvalue weighted by Gasteiger charge is 2.30. The molecule has 0 aromatic heterocycles. The summed E-state index contributed by atoms with van der Waals surface area (Å²) in [5, 5.41) is 2.55. The van der Waals surface area contributed by atoms with Gasteiger partial charge >= 0.3 is 12.1 Å². The van der Waals surface area contributed by atoms with Gasteiger partial charge in [-0.1, -0.05) is 52.9 Å². The number of rotatable bonds is 4. The Balaban J connectivity index is 1.76. The minimum Gasteiger partial charge on any atom is -0.460 e. The third kappa shape index (κ3) is 4.36. The lowest BCUT2D eigenvalue weighted by Crippen LogP contribution is -2.47. The minimum absolute atomic E-state index is 0.0403. The maximum absolute atomic E-state index is 11.7. The largest absolute Gasteiger partial charge is 0.460 e. The summed E-state index contributed by atoms with van der Waals surface area (Å²) in [5.41, 5.74) is 0.902. The summed E-state index contributed by atoms with van der Waals surface area (Å²) in [7, 11) is 0. The van der Waals surface area contributed by atoms with Crippen LogP contribution in [0.1, 0.15) is 18.4 Å². The van der Waals surface area contributed by atoms with Crippen molar-refractivity contribution in [1.29, 1.82) is 0 Å². The molecule has 1 heterocycles. The summed E-state index contributed by atoms with van der Waals surface area (Å²) in [6, 6.07) is 8.78. The highest BCUT2D eigenvalue weighted by Crippen LogP contribution is 2.16. The molecule has 5 nitrogen and oxygen atoms in total. The zero-order valence-corrected chi connectivity index (χ0v) is 13.0. The number of alkyl carbamates (subject to hydrolysis) is 1. The normalized spacial score (nSPS) is 21.9. The molecule has 0 aliphatic carbocycles. The zero-order chi connectivity index (χ0) is 14.4. The molecule has 1 aliphatic rings. The first-order valence-corrected chi connectivity index (χ1v) is 7.95. The quantitative estimate of drug-likeness (QED) is 0.488. The molecule has 0 radical (unpaired) electrons. The molecule has 1 saturated heterocycles. The van der Waals surface area contributed by atoms with Crippen molar-refractivity contribution in [2.75, 3.05) is 4.43 Å². The number of alkyl halides is 1. The fraction of sp³-hybridized carbons (Fsp3) is 0.429. The number of carbonyl (C=O) groups is 2. The molecule has 2 rings (SSSR count). The third-order valence-electron chi connectivity index (χ3n) is 3.02. The Kier molecular flexibility index (Phi) is 5.63. The van der Waals surface area contributed by atoms with Crippen molar-refractivity contribution in [3.63, 3.8) is 0 Å². The van der Waals surface area contributed by atoms with Crippen molar-refractivity contribution in [2.24, 2.45) is 0 Å². The van der Waals surface area contributed by atoms with E-state index < -0.39 is 12.1 Å². The molecule has 1 aromatic rings. The zero-order valence-electron chi connectivity index (χ0n) is 10.9. The maximum Gasteiger partial charge on any atom is 0.408 e. The number of amides is 1.